The van der Waals surface area contributed by atoms with Crippen molar-refractivity contribution in [2.45, 2.75) is 0 Å². The van der Waals surface area contributed by atoms with Gasteiger partial charge in [0.15, 0.2) is 5.78 Å². The van der Waals surface area contributed by atoms with Gasteiger partial charge in [0.25, 0.3) is 0 Å². The van der Waals surface area contributed by atoms with E-state index in [-0.39, 0.29) is 11.5 Å². The summed E-state index contributed by atoms with van der Waals surface area (Å²) < 4.78 is 0. The van der Waals surface area contributed by atoms with Crippen LogP contribution in [0, 0.1) is 0 Å². The van der Waals surface area contributed by atoms with Crippen molar-refractivity contribution in [3.8, 4) is 16.9 Å². The van der Waals surface area contributed by atoms with Crippen molar-refractivity contribution in [3.05, 3.63) is 59.7 Å². The molecule has 0 heterocycles. The molecule has 3 aromatic carbocycles. The maximum absolute atomic E-state index is 12.6. The fraction of sp³-hybridized carbons (Fsp3) is 0. The van der Waals surface area contributed by atoms with Gasteiger partial charge in [-0.2, -0.15) is 0 Å². The average molecular weight is 261 g/mol. The zero-order valence-corrected chi connectivity index (χ0v) is 10.6. The highest BCUT2D eigenvalue weighted by atomic mass is 16.3. The molecule has 3 nitrogen and oxygen atoms in total. The lowest BCUT2D eigenvalue weighted by molar-refractivity contribution is 0.104. The molecule has 3 N–H and O–H groups in total. The van der Waals surface area contributed by atoms with Crippen molar-refractivity contribution in [2.75, 3.05) is 5.73 Å². The summed E-state index contributed by atoms with van der Waals surface area (Å²) in [6, 6.07) is 14.5. The van der Waals surface area contributed by atoms with Crippen molar-refractivity contribution in [1.29, 1.82) is 0 Å². The molecule has 1 aliphatic rings. The van der Waals surface area contributed by atoms with E-state index < -0.39 is 0 Å². The number of fused-ring (bicyclic) bond motifs is 2. The quantitative estimate of drug-likeness (QED) is 0.377. The second-order valence-corrected chi connectivity index (χ2v) is 4.96. The Morgan fingerprint density at radius 2 is 1.55 bits per heavy atom. The molecule has 0 unspecified atom stereocenters. The van der Waals surface area contributed by atoms with Gasteiger partial charge in [0.1, 0.15) is 5.75 Å². The Morgan fingerprint density at radius 3 is 2.35 bits per heavy atom. The van der Waals surface area contributed by atoms with E-state index in [0.717, 1.165) is 21.9 Å². The number of phenolic OH excluding ortho intramolecular Hbond substituents is 1. The summed E-state index contributed by atoms with van der Waals surface area (Å²) in [7, 11) is 0. The van der Waals surface area contributed by atoms with E-state index in [9.17, 15) is 9.90 Å². The first-order chi connectivity index (χ1) is 9.68. The van der Waals surface area contributed by atoms with Crippen LogP contribution < -0.4 is 5.73 Å². The largest absolute Gasteiger partial charge is 0.506 e. The molecule has 96 valence electrons. The normalized spacial score (nSPS) is 12.5. The zero-order valence-electron chi connectivity index (χ0n) is 10.6. The monoisotopic (exact) mass is 261 g/mol. The van der Waals surface area contributed by atoms with Crippen molar-refractivity contribution >= 4 is 22.2 Å². The van der Waals surface area contributed by atoms with Gasteiger partial charge in [-0.05, 0) is 17.2 Å². The average Bonchev–Trinajstić information content (AvgIpc) is 2.49. The van der Waals surface area contributed by atoms with E-state index in [4.69, 9.17) is 5.73 Å². The zero-order chi connectivity index (χ0) is 13.9. The minimum atomic E-state index is 0.00351. The molecule has 0 saturated heterocycles. The van der Waals surface area contributed by atoms with Crippen LogP contribution in [0.5, 0.6) is 5.75 Å². The molecular formula is C17H11NO2. The van der Waals surface area contributed by atoms with Gasteiger partial charge in [-0.1, -0.05) is 42.5 Å². The molecule has 0 fully saturated rings. The summed E-state index contributed by atoms with van der Waals surface area (Å²) in [6.45, 7) is 0. The molecule has 0 saturated carbocycles. The fourth-order valence-electron chi connectivity index (χ4n) is 2.95. The lowest BCUT2D eigenvalue weighted by atomic mass is 9.82. The number of nitrogen functional groups attached to an aromatic ring is 1. The third-order valence-corrected chi connectivity index (χ3v) is 3.89. The van der Waals surface area contributed by atoms with E-state index in [0.29, 0.717) is 16.8 Å². The van der Waals surface area contributed by atoms with Gasteiger partial charge in [0.05, 0.1) is 5.69 Å². The Bertz CT molecular complexity index is 897. The number of carbonyl (C=O) groups excluding carboxylic acids is 1. The molecule has 0 radical (unpaired) electrons. The summed E-state index contributed by atoms with van der Waals surface area (Å²) in [6.07, 6.45) is 0. The molecule has 0 amide bonds. The van der Waals surface area contributed by atoms with Crippen LogP contribution in [0.25, 0.3) is 21.9 Å². The molecule has 0 spiro atoms. The minimum absolute atomic E-state index is 0.00351. The Balaban J connectivity index is 2.30. The van der Waals surface area contributed by atoms with Crippen molar-refractivity contribution in [3.63, 3.8) is 0 Å². The molecule has 1 aliphatic carbocycles. The standard InChI is InChI=1S/C17H11NO2/c18-16-11-6-3-7-12-15(11)13(8-14(16)19)9-4-1-2-5-10(9)17(12)20/h1-8,19H,18H2. The number of anilines is 1. The van der Waals surface area contributed by atoms with E-state index in [1.807, 2.05) is 30.3 Å². The van der Waals surface area contributed by atoms with Crippen LogP contribution in [0.3, 0.4) is 0 Å². The molecule has 0 atom stereocenters. The van der Waals surface area contributed by atoms with Gasteiger partial charge in [0.2, 0.25) is 0 Å². The second kappa shape index (κ2) is 3.61. The van der Waals surface area contributed by atoms with Gasteiger partial charge >= 0.3 is 0 Å². The number of benzene rings is 3. The highest BCUT2D eigenvalue weighted by molar-refractivity contribution is 6.27. The van der Waals surface area contributed by atoms with Crippen molar-refractivity contribution in [2.24, 2.45) is 0 Å². The van der Waals surface area contributed by atoms with Crippen LogP contribution >= 0.6 is 0 Å². The number of rotatable bonds is 0. The summed E-state index contributed by atoms with van der Waals surface area (Å²) in [5.74, 6) is 0.0533. The van der Waals surface area contributed by atoms with E-state index in [1.54, 1.807) is 18.2 Å². The number of phenols is 1. The highest BCUT2D eigenvalue weighted by Gasteiger charge is 2.26. The SMILES string of the molecule is Nc1c(O)cc2c3c(cccc13)C(=O)c1ccccc1-2. The molecule has 0 bridgehead atoms. The Labute approximate surface area is 115 Å². The van der Waals surface area contributed by atoms with Crippen LogP contribution in [0.2, 0.25) is 0 Å². The molecular weight excluding hydrogens is 250 g/mol. The Kier molecular flexibility index (Phi) is 1.99. The Morgan fingerprint density at radius 1 is 0.850 bits per heavy atom. The van der Waals surface area contributed by atoms with E-state index >= 15 is 0 Å². The lowest BCUT2D eigenvalue weighted by Crippen LogP contribution is -2.10. The molecule has 4 rings (SSSR count). The molecule has 0 aliphatic heterocycles. The minimum Gasteiger partial charge on any atom is -0.506 e. The number of hydrogen-bond donors (Lipinski definition) is 2. The first kappa shape index (κ1) is 11.1. The predicted molar refractivity (Wildman–Crippen MR) is 78.9 cm³/mol. The third-order valence-electron chi connectivity index (χ3n) is 3.89. The van der Waals surface area contributed by atoms with Crippen LogP contribution in [0.1, 0.15) is 15.9 Å². The number of carbonyl (C=O) groups is 1. The maximum Gasteiger partial charge on any atom is 0.194 e. The topological polar surface area (TPSA) is 63.3 Å². The van der Waals surface area contributed by atoms with Gasteiger partial charge in [0, 0.05) is 21.9 Å². The molecule has 0 aromatic heterocycles. The van der Waals surface area contributed by atoms with E-state index in [2.05, 4.69) is 0 Å². The molecule has 20 heavy (non-hydrogen) atoms. The van der Waals surface area contributed by atoms with E-state index in [1.165, 1.54) is 0 Å². The van der Waals surface area contributed by atoms with Crippen LogP contribution in [-0.4, -0.2) is 10.9 Å². The smallest absolute Gasteiger partial charge is 0.194 e. The first-order valence-electron chi connectivity index (χ1n) is 6.37. The predicted octanol–water partition coefficient (Wildman–Crippen LogP) is 3.34. The van der Waals surface area contributed by atoms with Crippen LogP contribution in [0.15, 0.2) is 48.5 Å². The fourth-order valence-corrected chi connectivity index (χ4v) is 2.95. The van der Waals surface area contributed by atoms with Crippen molar-refractivity contribution < 1.29 is 9.90 Å². The Hall–Kier alpha value is -2.81. The number of aromatic hydroxyl groups is 1. The van der Waals surface area contributed by atoms with Gasteiger partial charge in [-0.15, -0.1) is 0 Å². The van der Waals surface area contributed by atoms with Crippen LogP contribution in [0.4, 0.5) is 5.69 Å². The van der Waals surface area contributed by atoms with Crippen molar-refractivity contribution in [1.82, 2.24) is 0 Å². The summed E-state index contributed by atoms with van der Waals surface area (Å²) >= 11 is 0. The first-order valence-corrected chi connectivity index (χ1v) is 6.37. The second-order valence-electron chi connectivity index (χ2n) is 4.96. The maximum atomic E-state index is 12.6. The number of nitrogens with two attached hydrogens (primary N) is 1. The summed E-state index contributed by atoms with van der Waals surface area (Å²) in [5, 5.41) is 11.6. The molecule has 3 heteroatoms. The van der Waals surface area contributed by atoms with Gasteiger partial charge in [-0.25, -0.2) is 0 Å². The van der Waals surface area contributed by atoms with Gasteiger partial charge in [-0.3, -0.25) is 4.79 Å². The number of ketones is 1. The third kappa shape index (κ3) is 1.21. The molecule has 3 aromatic rings. The summed E-state index contributed by atoms with van der Waals surface area (Å²) in [4.78, 5) is 12.6. The highest BCUT2D eigenvalue weighted by Crippen LogP contribution is 2.44. The van der Waals surface area contributed by atoms with Gasteiger partial charge < -0.3 is 10.8 Å². The summed E-state index contributed by atoms with van der Waals surface area (Å²) in [5.41, 5.74) is 9.26. The van der Waals surface area contributed by atoms with Crippen LogP contribution in [-0.2, 0) is 0 Å². The number of hydrogen-bond acceptors (Lipinski definition) is 3. The lowest BCUT2D eigenvalue weighted by Gasteiger charge is -2.21.